The molecular weight excluding hydrogens is 348 g/mol. The molecule has 136 valence electrons. The van der Waals surface area contributed by atoms with Crippen molar-refractivity contribution in [3.63, 3.8) is 0 Å². The van der Waals surface area contributed by atoms with Crippen molar-refractivity contribution in [2.75, 3.05) is 11.9 Å². The van der Waals surface area contributed by atoms with Gasteiger partial charge in [-0.05, 0) is 68.8 Å². The van der Waals surface area contributed by atoms with Crippen molar-refractivity contribution < 1.29 is 9.59 Å². The first-order valence-electron chi connectivity index (χ1n) is 8.60. The molecule has 1 atom stereocenters. The van der Waals surface area contributed by atoms with Crippen LogP contribution in [-0.2, 0) is 9.59 Å². The Morgan fingerprint density at radius 3 is 2.42 bits per heavy atom. The molecule has 0 aliphatic carbocycles. The van der Waals surface area contributed by atoms with Crippen molar-refractivity contribution >= 4 is 29.3 Å². The van der Waals surface area contributed by atoms with E-state index < -0.39 is 0 Å². The Morgan fingerprint density at radius 2 is 1.81 bits per heavy atom. The van der Waals surface area contributed by atoms with Gasteiger partial charge in [0.1, 0.15) is 6.04 Å². The minimum Gasteiger partial charge on any atom is -0.331 e. The molecule has 26 heavy (non-hydrogen) atoms. The number of likely N-dealkylation sites (tertiary alicyclic amines) is 1. The highest BCUT2D eigenvalue weighted by molar-refractivity contribution is 7.99. The van der Waals surface area contributed by atoms with Crippen LogP contribution in [0.1, 0.15) is 31.2 Å². The van der Waals surface area contributed by atoms with Gasteiger partial charge >= 0.3 is 0 Å². The Hall–Kier alpha value is -2.41. The number of anilines is 1. The molecule has 7 heteroatoms. The zero-order valence-electron chi connectivity index (χ0n) is 15.2. The number of carbonyl (C=O) groups is 2. The number of benzene rings is 1. The van der Waals surface area contributed by atoms with Crippen LogP contribution in [0.4, 0.5) is 5.69 Å². The first-order chi connectivity index (χ1) is 12.4. The summed E-state index contributed by atoms with van der Waals surface area (Å²) in [5.74, 6) is -0.182. The summed E-state index contributed by atoms with van der Waals surface area (Å²) in [5.41, 5.74) is 2.60. The van der Waals surface area contributed by atoms with Crippen LogP contribution in [0.25, 0.3) is 0 Å². The Balaban J connectivity index is 1.64. The summed E-state index contributed by atoms with van der Waals surface area (Å²) in [6.07, 6.45) is 1.58. The Morgan fingerprint density at radius 1 is 1.15 bits per heavy atom. The lowest BCUT2D eigenvalue weighted by Crippen LogP contribution is -2.42. The van der Waals surface area contributed by atoms with Crippen molar-refractivity contribution in [2.24, 2.45) is 0 Å². The lowest BCUT2D eigenvalue weighted by molar-refractivity contribution is -0.134. The third-order valence-electron chi connectivity index (χ3n) is 4.25. The second-order valence-electron chi connectivity index (χ2n) is 6.42. The van der Waals surface area contributed by atoms with E-state index in [1.807, 2.05) is 44.2 Å². The molecule has 1 fully saturated rings. The Kier molecular flexibility index (Phi) is 5.56. The second-order valence-corrected chi connectivity index (χ2v) is 7.46. The summed E-state index contributed by atoms with van der Waals surface area (Å²) in [6.45, 7) is 6.06. The van der Waals surface area contributed by atoms with Crippen molar-refractivity contribution in [3.8, 4) is 0 Å². The van der Waals surface area contributed by atoms with Gasteiger partial charge in [0.05, 0.1) is 0 Å². The summed E-state index contributed by atoms with van der Waals surface area (Å²) >= 11 is 1.49. The second kappa shape index (κ2) is 7.86. The predicted octanol–water partition coefficient (Wildman–Crippen LogP) is 3.19. The molecule has 1 aliphatic rings. The van der Waals surface area contributed by atoms with Crippen LogP contribution in [-0.4, -0.2) is 39.3 Å². The van der Waals surface area contributed by atoms with Crippen molar-refractivity contribution in [2.45, 2.75) is 49.7 Å². The molecule has 0 bridgehead atoms. The normalized spacial score (nSPS) is 16.6. The lowest BCUT2D eigenvalue weighted by Gasteiger charge is -2.22. The molecule has 1 unspecified atom stereocenters. The van der Waals surface area contributed by atoms with Gasteiger partial charge in [0.25, 0.3) is 0 Å². The van der Waals surface area contributed by atoms with Gasteiger partial charge < -0.3 is 10.2 Å². The summed E-state index contributed by atoms with van der Waals surface area (Å²) in [5, 5.41) is 3.62. The molecule has 6 nitrogen and oxygen atoms in total. The quantitative estimate of drug-likeness (QED) is 0.837. The van der Waals surface area contributed by atoms with E-state index in [9.17, 15) is 9.59 Å². The summed E-state index contributed by atoms with van der Waals surface area (Å²) in [6, 6.07) is 9.14. The molecule has 1 aromatic heterocycles. The first-order valence-corrected chi connectivity index (χ1v) is 9.42. The maximum absolute atomic E-state index is 12.5. The van der Waals surface area contributed by atoms with Gasteiger partial charge in [-0.25, -0.2) is 9.97 Å². The molecule has 0 radical (unpaired) electrons. The molecular formula is C19H22N4O2S. The number of amides is 2. The molecule has 1 aromatic carbocycles. The molecule has 1 N–H and O–H groups in total. The molecule has 2 amide bonds. The van der Waals surface area contributed by atoms with Gasteiger partial charge in [-0.1, -0.05) is 0 Å². The standard InChI is InChI=1S/C19H22N4O2S/c1-12-11-13(2)21-19(20-12)26-16-8-6-15(7-9-16)22-18(25)17-5-4-10-23(17)14(3)24/h6-9,11,17H,4-5,10H2,1-3H3,(H,22,25). The molecule has 3 rings (SSSR count). The van der Waals surface area contributed by atoms with Crippen LogP contribution in [0.5, 0.6) is 0 Å². The number of rotatable bonds is 4. The Labute approximate surface area is 157 Å². The topological polar surface area (TPSA) is 75.2 Å². The molecule has 0 saturated carbocycles. The largest absolute Gasteiger partial charge is 0.331 e. The zero-order valence-corrected chi connectivity index (χ0v) is 16.0. The third kappa shape index (κ3) is 4.40. The van der Waals surface area contributed by atoms with Crippen LogP contribution >= 0.6 is 11.8 Å². The van der Waals surface area contributed by atoms with Crippen LogP contribution in [0, 0.1) is 13.8 Å². The fourth-order valence-corrected chi connectivity index (χ4v) is 3.95. The predicted molar refractivity (Wildman–Crippen MR) is 101 cm³/mol. The maximum Gasteiger partial charge on any atom is 0.247 e. The monoisotopic (exact) mass is 370 g/mol. The average molecular weight is 370 g/mol. The first kappa shape index (κ1) is 18.4. The SMILES string of the molecule is CC(=O)N1CCCC1C(=O)Nc1ccc(Sc2nc(C)cc(C)n2)cc1. The molecule has 1 aliphatic heterocycles. The van der Waals surface area contributed by atoms with Crippen molar-refractivity contribution in [3.05, 3.63) is 41.7 Å². The maximum atomic E-state index is 12.5. The molecule has 2 aromatic rings. The van der Waals surface area contributed by atoms with Gasteiger partial charge in [0, 0.05) is 35.4 Å². The van der Waals surface area contributed by atoms with Gasteiger partial charge in [-0.2, -0.15) is 0 Å². The van der Waals surface area contributed by atoms with E-state index in [1.165, 1.54) is 18.7 Å². The van der Waals surface area contributed by atoms with E-state index in [-0.39, 0.29) is 17.9 Å². The highest BCUT2D eigenvalue weighted by Crippen LogP contribution is 2.26. The highest BCUT2D eigenvalue weighted by Gasteiger charge is 2.32. The fraction of sp³-hybridized carbons (Fsp3) is 0.368. The van der Waals surface area contributed by atoms with Gasteiger partial charge in [0.2, 0.25) is 11.8 Å². The van der Waals surface area contributed by atoms with E-state index in [0.29, 0.717) is 18.1 Å². The van der Waals surface area contributed by atoms with E-state index in [2.05, 4.69) is 15.3 Å². The fourth-order valence-electron chi connectivity index (χ4n) is 3.09. The number of nitrogens with zero attached hydrogens (tertiary/aromatic N) is 3. The van der Waals surface area contributed by atoms with Crippen LogP contribution in [0.15, 0.2) is 40.4 Å². The number of aromatic nitrogens is 2. The summed E-state index contributed by atoms with van der Waals surface area (Å²) in [7, 11) is 0. The van der Waals surface area contributed by atoms with Gasteiger partial charge in [0.15, 0.2) is 5.16 Å². The Bertz CT molecular complexity index is 803. The van der Waals surface area contributed by atoms with E-state index in [1.54, 1.807) is 4.90 Å². The summed E-state index contributed by atoms with van der Waals surface area (Å²) in [4.78, 5) is 35.5. The summed E-state index contributed by atoms with van der Waals surface area (Å²) < 4.78 is 0. The van der Waals surface area contributed by atoms with Gasteiger partial charge in [-0.3, -0.25) is 9.59 Å². The van der Waals surface area contributed by atoms with Gasteiger partial charge in [-0.15, -0.1) is 0 Å². The van der Waals surface area contributed by atoms with E-state index >= 15 is 0 Å². The van der Waals surface area contributed by atoms with Crippen LogP contribution in [0.2, 0.25) is 0 Å². The van der Waals surface area contributed by atoms with Crippen molar-refractivity contribution in [1.82, 2.24) is 14.9 Å². The smallest absolute Gasteiger partial charge is 0.247 e. The number of hydrogen-bond donors (Lipinski definition) is 1. The van der Waals surface area contributed by atoms with E-state index in [4.69, 9.17) is 0 Å². The van der Waals surface area contributed by atoms with Crippen LogP contribution in [0.3, 0.4) is 0 Å². The molecule has 0 spiro atoms. The number of carbonyl (C=O) groups excluding carboxylic acids is 2. The highest BCUT2D eigenvalue weighted by atomic mass is 32.2. The molecule has 1 saturated heterocycles. The van der Waals surface area contributed by atoms with E-state index in [0.717, 1.165) is 28.4 Å². The minimum atomic E-state index is -0.370. The minimum absolute atomic E-state index is 0.0529. The zero-order chi connectivity index (χ0) is 18.7. The third-order valence-corrected chi connectivity index (χ3v) is 5.13. The van der Waals surface area contributed by atoms with Crippen molar-refractivity contribution in [1.29, 1.82) is 0 Å². The molecule has 2 heterocycles. The lowest BCUT2D eigenvalue weighted by atomic mass is 10.2. The number of hydrogen-bond acceptors (Lipinski definition) is 5. The average Bonchev–Trinajstić information content (AvgIpc) is 3.06. The number of aryl methyl sites for hydroxylation is 2. The van der Waals surface area contributed by atoms with Crippen LogP contribution < -0.4 is 5.32 Å². The number of nitrogens with one attached hydrogen (secondary N) is 1.